The number of Topliss-reactive ketones (excluding diaryl/α,β-unsaturated/α-hetero) is 1. The molecule has 1 fully saturated rings. The summed E-state index contributed by atoms with van der Waals surface area (Å²) in [6, 6.07) is 6.80. The first-order valence-electron chi connectivity index (χ1n) is 8.17. The third-order valence-electron chi connectivity index (χ3n) is 4.47. The molecule has 1 saturated heterocycles. The van der Waals surface area contributed by atoms with Crippen molar-refractivity contribution in [3.63, 3.8) is 0 Å². The molecule has 0 spiro atoms. The second kappa shape index (κ2) is 7.47. The smallest absolute Gasteiger partial charge is 0.263 e. The SMILES string of the molecule is CC(=O)c1cccc(O[C@H](C)C(=O)N2C[C@@H](C(N)=O)CC[C@H]2C)c1. The van der Waals surface area contributed by atoms with Crippen molar-refractivity contribution in [2.24, 2.45) is 11.7 Å². The van der Waals surface area contributed by atoms with Crippen molar-refractivity contribution in [3.05, 3.63) is 29.8 Å². The van der Waals surface area contributed by atoms with Gasteiger partial charge >= 0.3 is 0 Å². The van der Waals surface area contributed by atoms with Gasteiger partial charge in [0.15, 0.2) is 11.9 Å². The number of hydrogen-bond acceptors (Lipinski definition) is 4. The highest BCUT2D eigenvalue weighted by Gasteiger charge is 2.34. The van der Waals surface area contributed by atoms with Gasteiger partial charge in [-0.3, -0.25) is 14.4 Å². The van der Waals surface area contributed by atoms with Gasteiger partial charge in [-0.2, -0.15) is 0 Å². The molecule has 130 valence electrons. The van der Waals surface area contributed by atoms with E-state index in [0.717, 1.165) is 6.42 Å². The Bertz CT molecular complexity index is 644. The van der Waals surface area contributed by atoms with Crippen LogP contribution in [0.1, 0.15) is 44.0 Å². The van der Waals surface area contributed by atoms with Crippen LogP contribution in [-0.4, -0.2) is 41.2 Å². The van der Waals surface area contributed by atoms with Crippen LogP contribution in [0.4, 0.5) is 0 Å². The predicted molar refractivity (Wildman–Crippen MR) is 89.6 cm³/mol. The van der Waals surface area contributed by atoms with E-state index in [1.165, 1.54) is 6.92 Å². The first kappa shape index (κ1) is 18.0. The summed E-state index contributed by atoms with van der Waals surface area (Å²) >= 11 is 0. The molecule has 0 aromatic heterocycles. The molecule has 2 rings (SSSR count). The third kappa shape index (κ3) is 4.13. The van der Waals surface area contributed by atoms with E-state index in [1.54, 1.807) is 36.1 Å². The highest BCUT2D eigenvalue weighted by atomic mass is 16.5. The molecule has 6 nitrogen and oxygen atoms in total. The maximum absolute atomic E-state index is 12.7. The minimum absolute atomic E-state index is 0.0442. The Labute approximate surface area is 142 Å². The van der Waals surface area contributed by atoms with Crippen molar-refractivity contribution in [1.29, 1.82) is 0 Å². The minimum atomic E-state index is -0.707. The fraction of sp³-hybridized carbons (Fsp3) is 0.500. The number of benzene rings is 1. The number of primary amides is 1. The lowest BCUT2D eigenvalue weighted by molar-refractivity contribution is -0.143. The molecule has 1 aliphatic heterocycles. The molecule has 1 aliphatic rings. The number of piperidine rings is 1. The van der Waals surface area contributed by atoms with Gasteiger partial charge in [0.1, 0.15) is 5.75 Å². The van der Waals surface area contributed by atoms with E-state index < -0.39 is 6.10 Å². The Kier molecular flexibility index (Phi) is 5.59. The van der Waals surface area contributed by atoms with Crippen LogP contribution in [0.5, 0.6) is 5.75 Å². The zero-order valence-electron chi connectivity index (χ0n) is 14.3. The van der Waals surface area contributed by atoms with Crippen LogP contribution in [0, 0.1) is 5.92 Å². The van der Waals surface area contributed by atoms with Crippen LogP contribution in [0.25, 0.3) is 0 Å². The Morgan fingerprint density at radius 2 is 2.00 bits per heavy atom. The summed E-state index contributed by atoms with van der Waals surface area (Å²) in [5.41, 5.74) is 5.91. The number of nitrogens with zero attached hydrogens (tertiary/aromatic N) is 1. The van der Waals surface area contributed by atoms with Crippen molar-refractivity contribution in [3.8, 4) is 5.75 Å². The number of amides is 2. The van der Waals surface area contributed by atoms with Gasteiger partial charge in [0.05, 0.1) is 5.92 Å². The monoisotopic (exact) mass is 332 g/mol. The lowest BCUT2D eigenvalue weighted by Crippen LogP contribution is -2.52. The van der Waals surface area contributed by atoms with E-state index in [2.05, 4.69) is 0 Å². The van der Waals surface area contributed by atoms with Crippen molar-refractivity contribution in [2.45, 2.75) is 45.8 Å². The lowest BCUT2D eigenvalue weighted by Gasteiger charge is -2.38. The molecule has 1 aromatic carbocycles. The largest absolute Gasteiger partial charge is 0.481 e. The third-order valence-corrected chi connectivity index (χ3v) is 4.47. The van der Waals surface area contributed by atoms with E-state index in [4.69, 9.17) is 10.5 Å². The van der Waals surface area contributed by atoms with Gasteiger partial charge in [0, 0.05) is 18.2 Å². The zero-order chi connectivity index (χ0) is 17.9. The molecule has 0 radical (unpaired) electrons. The Hall–Kier alpha value is -2.37. The first-order chi connectivity index (χ1) is 11.3. The Morgan fingerprint density at radius 3 is 2.62 bits per heavy atom. The molecule has 0 aliphatic carbocycles. The summed E-state index contributed by atoms with van der Waals surface area (Å²) in [6.07, 6.45) is 0.739. The molecule has 24 heavy (non-hydrogen) atoms. The molecule has 1 aromatic rings. The second-order valence-electron chi connectivity index (χ2n) is 6.36. The molecule has 2 N–H and O–H groups in total. The quantitative estimate of drug-likeness (QED) is 0.832. The summed E-state index contributed by atoms with van der Waals surface area (Å²) in [6.45, 7) is 5.44. The van der Waals surface area contributed by atoms with Crippen molar-refractivity contribution < 1.29 is 19.1 Å². The van der Waals surface area contributed by atoms with Crippen molar-refractivity contribution in [2.75, 3.05) is 6.54 Å². The number of ketones is 1. The molecule has 2 amide bonds. The van der Waals surface area contributed by atoms with E-state index >= 15 is 0 Å². The zero-order valence-corrected chi connectivity index (χ0v) is 14.3. The molecule has 0 saturated carbocycles. The average Bonchev–Trinajstić information content (AvgIpc) is 2.54. The van der Waals surface area contributed by atoms with Crippen LogP contribution in [0.2, 0.25) is 0 Å². The number of rotatable bonds is 5. The van der Waals surface area contributed by atoms with Crippen LogP contribution in [0.3, 0.4) is 0 Å². The van der Waals surface area contributed by atoms with Gasteiger partial charge in [-0.1, -0.05) is 12.1 Å². The Balaban J connectivity index is 2.07. The molecular weight excluding hydrogens is 308 g/mol. The van der Waals surface area contributed by atoms with Crippen LogP contribution in [0.15, 0.2) is 24.3 Å². The summed E-state index contributed by atoms with van der Waals surface area (Å²) in [7, 11) is 0. The summed E-state index contributed by atoms with van der Waals surface area (Å²) in [5.74, 6) is -0.449. The first-order valence-corrected chi connectivity index (χ1v) is 8.17. The predicted octanol–water partition coefficient (Wildman–Crippen LogP) is 1.77. The van der Waals surface area contributed by atoms with Gasteiger partial charge in [0.25, 0.3) is 5.91 Å². The molecule has 0 unspecified atom stereocenters. The van der Waals surface area contributed by atoms with Gasteiger partial charge in [0.2, 0.25) is 5.91 Å². The van der Waals surface area contributed by atoms with Crippen molar-refractivity contribution >= 4 is 17.6 Å². The Morgan fingerprint density at radius 1 is 1.29 bits per heavy atom. The molecule has 3 atom stereocenters. The lowest BCUT2D eigenvalue weighted by atomic mass is 9.92. The fourth-order valence-electron chi connectivity index (χ4n) is 2.92. The van der Waals surface area contributed by atoms with E-state index in [-0.39, 0.29) is 29.6 Å². The molecule has 6 heteroatoms. The summed E-state index contributed by atoms with van der Waals surface area (Å²) in [5, 5.41) is 0. The van der Waals surface area contributed by atoms with Crippen LogP contribution >= 0.6 is 0 Å². The maximum atomic E-state index is 12.7. The number of carbonyl (C=O) groups excluding carboxylic acids is 3. The number of likely N-dealkylation sites (tertiary alicyclic amines) is 1. The van der Waals surface area contributed by atoms with Crippen LogP contribution in [-0.2, 0) is 9.59 Å². The number of carbonyl (C=O) groups is 3. The normalized spacial score (nSPS) is 21.9. The van der Waals surface area contributed by atoms with Crippen molar-refractivity contribution in [1.82, 2.24) is 4.90 Å². The highest BCUT2D eigenvalue weighted by molar-refractivity contribution is 5.94. The highest BCUT2D eigenvalue weighted by Crippen LogP contribution is 2.23. The fourth-order valence-corrected chi connectivity index (χ4v) is 2.92. The van der Waals surface area contributed by atoms with Gasteiger partial charge in [-0.25, -0.2) is 0 Å². The minimum Gasteiger partial charge on any atom is -0.481 e. The summed E-state index contributed by atoms with van der Waals surface area (Å²) in [4.78, 5) is 37.2. The average molecular weight is 332 g/mol. The number of hydrogen-bond donors (Lipinski definition) is 1. The van der Waals surface area contributed by atoms with Gasteiger partial charge in [-0.15, -0.1) is 0 Å². The van der Waals surface area contributed by atoms with E-state index in [9.17, 15) is 14.4 Å². The number of ether oxygens (including phenoxy) is 1. The van der Waals surface area contributed by atoms with Gasteiger partial charge < -0.3 is 15.4 Å². The summed E-state index contributed by atoms with van der Waals surface area (Å²) < 4.78 is 5.70. The topological polar surface area (TPSA) is 89.7 Å². The number of nitrogens with two attached hydrogens (primary N) is 1. The van der Waals surface area contributed by atoms with E-state index in [0.29, 0.717) is 24.3 Å². The molecular formula is C18H24N2O4. The second-order valence-corrected chi connectivity index (χ2v) is 6.36. The van der Waals surface area contributed by atoms with E-state index in [1.807, 2.05) is 6.92 Å². The standard InChI is InChI=1S/C18H24N2O4/c1-11-7-8-15(17(19)22)10-20(11)18(23)13(3)24-16-6-4-5-14(9-16)12(2)21/h4-6,9,11,13,15H,7-8,10H2,1-3H3,(H2,19,22)/t11-,13-,15+/m1/s1. The van der Waals surface area contributed by atoms with Crippen LogP contribution < -0.4 is 10.5 Å². The molecule has 0 bridgehead atoms. The van der Waals surface area contributed by atoms with Gasteiger partial charge in [-0.05, 0) is 45.7 Å². The maximum Gasteiger partial charge on any atom is 0.263 e. The molecule has 1 heterocycles.